The van der Waals surface area contributed by atoms with Crippen LogP contribution >= 0.6 is 0 Å². The number of halogens is 2. The lowest BCUT2D eigenvalue weighted by Gasteiger charge is -2.36. The molecule has 1 amide bonds. The lowest BCUT2D eigenvalue weighted by Crippen LogP contribution is -2.54. The Bertz CT molecular complexity index is 750. The van der Waals surface area contributed by atoms with Crippen LogP contribution in [-0.2, 0) is 14.8 Å². The predicted octanol–water partition coefficient (Wildman–Crippen LogP) is 2.43. The lowest BCUT2D eigenvalue weighted by atomic mass is 10.2. The van der Waals surface area contributed by atoms with Crippen molar-refractivity contribution in [3.63, 3.8) is 0 Å². The van der Waals surface area contributed by atoms with E-state index >= 15 is 0 Å². The van der Waals surface area contributed by atoms with Crippen LogP contribution in [0.3, 0.4) is 0 Å². The van der Waals surface area contributed by atoms with Crippen LogP contribution in [0.25, 0.3) is 0 Å². The smallest absolute Gasteiger partial charge is 0.241 e. The van der Waals surface area contributed by atoms with Gasteiger partial charge >= 0.3 is 0 Å². The Hall–Kier alpha value is -1.58. The molecule has 0 aliphatic carbocycles. The van der Waals surface area contributed by atoms with Crippen LogP contribution in [0.4, 0.5) is 14.5 Å². The van der Waals surface area contributed by atoms with Crippen molar-refractivity contribution in [3.8, 4) is 0 Å². The van der Waals surface area contributed by atoms with E-state index in [1.165, 1.54) is 10.4 Å². The number of hydrogen-bond donors (Lipinski definition) is 1. The van der Waals surface area contributed by atoms with Gasteiger partial charge in [-0.15, -0.1) is 0 Å². The van der Waals surface area contributed by atoms with Crippen LogP contribution in [-0.4, -0.2) is 61.5 Å². The molecule has 1 aliphatic rings. The number of anilines is 1. The van der Waals surface area contributed by atoms with Gasteiger partial charge in [0.1, 0.15) is 11.6 Å². The van der Waals surface area contributed by atoms with Gasteiger partial charge in [-0.05, 0) is 25.5 Å². The third-order valence-electron chi connectivity index (χ3n) is 4.79. The van der Waals surface area contributed by atoms with E-state index < -0.39 is 33.6 Å². The second-order valence-corrected chi connectivity index (χ2v) is 8.84. The van der Waals surface area contributed by atoms with Gasteiger partial charge in [-0.3, -0.25) is 9.69 Å². The van der Waals surface area contributed by atoms with Crippen molar-refractivity contribution in [3.05, 3.63) is 29.8 Å². The maximum atomic E-state index is 13.7. The number of nitrogens with zero attached hydrogens (tertiary/aromatic N) is 2. The van der Waals surface area contributed by atoms with Crippen molar-refractivity contribution in [2.45, 2.75) is 39.2 Å². The van der Waals surface area contributed by atoms with Crippen molar-refractivity contribution >= 4 is 21.6 Å². The molecule has 1 fully saturated rings. The molecule has 2 rings (SSSR count). The first-order valence-electron chi connectivity index (χ1n) is 9.22. The minimum absolute atomic E-state index is 0.0783. The largest absolute Gasteiger partial charge is 0.322 e. The topological polar surface area (TPSA) is 69.7 Å². The minimum Gasteiger partial charge on any atom is -0.322 e. The number of sulfonamides is 1. The highest BCUT2D eigenvalue weighted by molar-refractivity contribution is 7.89. The maximum absolute atomic E-state index is 13.7. The van der Waals surface area contributed by atoms with Gasteiger partial charge in [-0.1, -0.05) is 19.8 Å². The number of carbonyl (C=O) groups excluding carboxylic acids is 1. The van der Waals surface area contributed by atoms with Gasteiger partial charge in [0.15, 0.2) is 0 Å². The Balaban J connectivity index is 1.88. The molecule has 0 saturated carbocycles. The number of rotatable bonds is 8. The highest BCUT2D eigenvalue weighted by Gasteiger charge is 2.30. The highest BCUT2D eigenvalue weighted by atomic mass is 32.2. The molecule has 1 N–H and O–H groups in total. The van der Waals surface area contributed by atoms with Gasteiger partial charge in [0.25, 0.3) is 0 Å². The first-order chi connectivity index (χ1) is 12.7. The quantitative estimate of drug-likeness (QED) is 0.677. The number of hydrogen-bond acceptors (Lipinski definition) is 4. The van der Waals surface area contributed by atoms with Gasteiger partial charge < -0.3 is 5.32 Å². The standard InChI is InChI=1S/C18H27F2N3O3S/c1-3-4-5-12-27(25,26)23-10-8-22(9-11-23)14(2)18(24)21-17-7-6-15(19)13-16(17)20/h6-7,13-14H,3-5,8-12H2,1-2H3,(H,21,24). The number of amides is 1. The molecule has 1 heterocycles. The molecule has 1 unspecified atom stereocenters. The molecular formula is C18H27F2N3O3S. The second kappa shape index (κ2) is 9.57. The maximum Gasteiger partial charge on any atom is 0.241 e. The number of carbonyl (C=O) groups is 1. The van der Waals surface area contributed by atoms with Gasteiger partial charge in [0.2, 0.25) is 15.9 Å². The fraction of sp³-hybridized carbons (Fsp3) is 0.611. The first kappa shape index (κ1) is 21.7. The number of unbranched alkanes of at least 4 members (excludes halogenated alkanes) is 2. The number of benzene rings is 1. The van der Waals surface area contributed by atoms with Crippen molar-refractivity contribution in [1.29, 1.82) is 0 Å². The fourth-order valence-electron chi connectivity index (χ4n) is 3.03. The van der Waals surface area contributed by atoms with E-state index in [9.17, 15) is 22.0 Å². The molecule has 1 aliphatic heterocycles. The summed E-state index contributed by atoms with van der Waals surface area (Å²) in [7, 11) is -3.26. The van der Waals surface area contributed by atoms with Gasteiger partial charge in [-0.2, -0.15) is 4.31 Å². The van der Waals surface area contributed by atoms with E-state index in [0.29, 0.717) is 38.7 Å². The molecule has 1 saturated heterocycles. The van der Waals surface area contributed by atoms with E-state index in [4.69, 9.17) is 0 Å². The molecule has 27 heavy (non-hydrogen) atoms. The Morgan fingerprint density at radius 1 is 1.19 bits per heavy atom. The van der Waals surface area contributed by atoms with Crippen molar-refractivity contribution in [2.75, 3.05) is 37.2 Å². The van der Waals surface area contributed by atoms with Crippen LogP contribution in [0.5, 0.6) is 0 Å². The van der Waals surface area contributed by atoms with E-state index in [0.717, 1.165) is 18.9 Å². The predicted molar refractivity (Wildman–Crippen MR) is 101 cm³/mol. The molecule has 152 valence electrons. The van der Waals surface area contributed by atoms with Crippen molar-refractivity contribution < 1.29 is 22.0 Å². The van der Waals surface area contributed by atoms with E-state index in [1.54, 1.807) is 6.92 Å². The molecule has 0 spiro atoms. The van der Waals surface area contributed by atoms with Gasteiger partial charge in [-0.25, -0.2) is 17.2 Å². The van der Waals surface area contributed by atoms with Crippen LogP contribution in [0.1, 0.15) is 33.1 Å². The van der Waals surface area contributed by atoms with Crippen LogP contribution in [0.2, 0.25) is 0 Å². The second-order valence-electron chi connectivity index (χ2n) is 6.75. The van der Waals surface area contributed by atoms with Gasteiger partial charge in [0, 0.05) is 32.2 Å². The average Bonchev–Trinajstić information content (AvgIpc) is 2.63. The summed E-state index contributed by atoms with van der Waals surface area (Å²) in [6.07, 6.45) is 2.50. The zero-order valence-corrected chi connectivity index (χ0v) is 16.6. The average molecular weight is 403 g/mol. The third kappa shape index (κ3) is 5.95. The van der Waals surface area contributed by atoms with Crippen molar-refractivity contribution in [2.24, 2.45) is 0 Å². The summed E-state index contributed by atoms with van der Waals surface area (Å²) in [6.45, 7) is 5.22. The third-order valence-corrected chi connectivity index (χ3v) is 6.75. The summed E-state index contributed by atoms with van der Waals surface area (Å²) in [5.74, 6) is -1.81. The van der Waals surface area contributed by atoms with E-state index in [2.05, 4.69) is 5.32 Å². The molecule has 1 aromatic carbocycles. The number of piperazine rings is 1. The Kier molecular flexibility index (Phi) is 7.69. The molecule has 0 aromatic heterocycles. The molecule has 1 atom stereocenters. The molecular weight excluding hydrogens is 376 g/mol. The summed E-state index contributed by atoms with van der Waals surface area (Å²) in [6, 6.07) is 2.41. The normalized spacial score (nSPS) is 17.6. The zero-order chi connectivity index (χ0) is 20.0. The van der Waals surface area contributed by atoms with E-state index in [1.807, 2.05) is 11.8 Å². The number of nitrogens with one attached hydrogen (secondary N) is 1. The zero-order valence-electron chi connectivity index (χ0n) is 15.7. The SMILES string of the molecule is CCCCCS(=O)(=O)N1CCN(C(C)C(=O)Nc2ccc(F)cc2F)CC1. The monoisotopic (exact) mass is 403 g/mol. The molecule has 1 aromatic rings. The van der Waals surface area contributed by atoms with E-state index in [-0.39, 0.29) is 11.4 Å². The Morgan fingerprint density at radius 3 is 2.44 bits per heavy atom. The first-order valence-corrected chi connectivity index (χ1v) is 10.8. The molecule has 0 radical (unpaired) electrons. The lowest BCUT2D eigenvalue weighted by molar-refractivity contribution is -0.121. The summed E-state index contributed by atoms with van der Waals surface area (Å²) in [4.78, 5) is 14.2. The Labute approximate surface area is 159 Å². The van der Waals surface area contributed by atoms with Gasteiger partial charge in [0.05, 0.1) is 17.5 Å². The molecule has 9 heteroatoms. The van der Waals surface area contributed by atoms with Crippen LogP contribution < -0.4 is 5.32 Å². The Morgan fingerprint density at radius 2 is 1.85 bits per heavy atom. The fourth-order valence-corrected chi connectivity index (χ4v) is 4.57. The summed E-state index contributed by atoms with van der Waals surface area (Å²) in [5, 5.41) is 2.46. The summed E-state index contributed by atoms with van der Waals surface area (Å²) < 4.78 is 52.8. The molecule has 6 nitrogen and oxygen atoms in total. The highest BCUT2D eigenvalue weighted by Crippen LogP contribution is 2.17. The van der Waals surface area contributed by atoms with Crippen LogP contribution in [0.15, 0.2) is 18.2 Å². The molecule has 0 bridgehead atoms. The summed E-state index contributed by atoms with van der Waals surface area (Å²) >= 11 is 0. The minimum atomic E-state index is -3.26. The summed E-state index contributed by atoms with van der Waals surface area (Å²) in [5.41, 5.74) is -0.0783. The van der Waals surface area contributed by atoms with Crippen LogP contribution in [0, 0.1) is 11.6 Å². The van der Waals surface area contributed by atoms with Crippen molar-refractivity contribution in [1.82, 2.24) is 9.21 Å².